The summed E-state index contributed by atoms with van der Waals surface area (Å²) in [7, 11) is 0. The lowest BCUT2D eigenvalue weighted by Gasteiger charge is -2.39. The van der Waals surface area contributed by atoms with E-state index in [4.69, 9.17) is 5.73 Å². The number of rotatable bonds is 3. The molecule has 1 unspecified atom stereocenters. The zero-order chi connectivity index (χ0) is 18.1. The van der Waals surface area contributed by atoms with Crippen molar-refractivity contribution < 1.29 is 13.2 Å². The molecule has 132 valence electrons. The summed E-state index contributed by atoms with van der Waals surface area (Å²) < 4.78 is 39.0. The Labute approximate surface area is 138 Å². The molecule has 4 N–H and O–H groups in total. The van der Waals surface area contributed by atoms with Crippen LogP contribution in [0.4, 0.5) is 13.2 Å². The number of nitrogens with one attached hydrogen (secondary N) is 2. The van der Waals surface area contributed by atoms with Crippen LogP contribution >= 0.6 is 0 Å². The Balaban J connectivity index is 2.58. The lowest BCUT2D eigenvalue weighted by molar-refractivity contribution is -0.141. The van der Waals surface area contributed by atoms with E-state index in [1.807, 2.05) is 27.7 Å². The van der Waals surface area contributed by atoms with Gasteiger partial charge in [-0.3, -0.25) is 10.3 Å². The van der Waals surface area contributed by atoms with Crippen molar-refractivity contribution in [3.63, 3.8) is 0 Å². The normalized spacial score (nSPS) is 23.2. The quantitative estimate of drug-likeness (QED) is 0.786. The van der Waals surface area contributed by atoms with Gasteiger partial charge in [0.25, 0.3) is 0 Å². The fraction of sp³-hybridized carbons (Fsp3) is 0.533. The predicted molar refractivity (Wildman–Crippen MR) is 86.2 cm³/mol. The van der Waals surface area contributed by atoms with Crippen LogP contribution in [0.5, 0.6) is 0 Å². The van der Waals surface area contributed by atoms with E-state index in [1.54, 1.807) is 0 Å². The molecule has 0 aromatic carbocycles. The first-order valence-corrected chi connectivity index (χ1v) is 7.57. The summed E-state index contributed by atoms with van der Waals surface area (Å²) >= 11 is 0. The second-order valence-corrected chi connectivity index (χ2v) is 6.15. The Morgan fingerprint density at radius 2 is 1.88 bits per heavy atom. The SMILES string of the molecule is CC(C)N=C1NC(N)=NC(c2cccc(C(F)(F)F)n2)(C(C)C)N1. The molecule has 2 heterocycles. The van der Waals surface area contributed by atoms with Crippen molar-refractivity contribution >= 4 is 11.9 Å². The van der Waals surface area contributed by atoms with Crippen LogP contribution in [0.1, 0.15) is 39.1 Å². The number of aromatic nitrogens is 1. The Kier molecular flexibility index (Phi) is 4.73. The summed E-state index contributed by atoms with van der Waals surface area (Å²) in [5.41, 5.74) is 3.77. The predicted octanol–water partition coefficient (Wildman–Crippen LogP) is 2.18. The number of halogens is 3. The van der Waals surface area contributed by atoms with Gasteiger partial charge in [-0.15, -0.1) is 0 Å². The van der Waals surface area contributed by atoms with Gasteiger partial charge in [0, 0.05) is 12.0 Å². The first-order valence-electron chi connectivity index (χ1n) is 7.57. The van der Waals surface area contributed by atoms with Crippen molar-refractivity contribution in [3.8, 4) is 0 Å². The first-order chi connectivity index (χ1) is 11.0. The van der Waals surface area contributed by atoms with Gasteiger partial charge in [-0.1, -0.05) is 19.9 Å². The van der Waals surface area contributed by atoms with Gasteiger partial charge in [0.1, 0.15) is 5.69 Å². The largest absolute Gasteiger partial charge is 0.433 e. The molecule has 0 saturated carbocycles. The molecule has 9 heteroatoms. The maximum Gasteiger partial charge on any atom is 0.433 e. The topological polar surface area (TPSA) is 87.7 Å². The first kappa shape index (κ1) is 18.0. The van der Waals surface area contributed by atoms with Gasteiger partial charge in [-0.25, -0.2) is 9.98 Å². The second-order valence-electron chi connectivity index (χ2n) is 6.15. The molecular weight excluding hydrogens is 321 g/mol. The summed E-state index contributed by atoms with van der Waals surface area (Å²) in [6.45, 7) is 7.39. The summed E-state index contributed by atoms with van der Waals surface area (Å²) in [4.78, 5) is 12.4. The smallest absolute Gasteiger partial charge is 0.370 e. The van der Waals surface area contributed by atoms with Crippen LogP contribution in [-0.4, -0.2) is 22.9 Å². The van der Waals surface area contributed by atoms with Gasteiger partial charge >= 0.3 is 6.18 Å². The van der Waals surface area contributed by atoms with Crippen LogP contribution in [0.2, 0.25) is 0 Å². The highest BCUT2D eigenvalue weighted by molar-refractivity contribution is 6.00. The molecule has 0 saturated heterocycles. The molecule has 1 aliphatic rings. The van der Waals surface area contributed by atoms with Gasteiger partial charge in [0.15, 0.2) is 11.6 Å². The highest BCUT2D eigenvalue weighted by Gasteiger charge is 2.42. The van der Waals surface area contributed by atoms with Crippen LogP contribution in [0.15, 0.2) is 28.2 Å². The average Bonchev–Trinajstić information content (AvgIpc) is 2.44. The number of guanidine groups is 2. The number of nitrogens with zero attached hydrogens (tertiary/aromatic N) is 3. The number of hydrogen-bond donors (Lipinski definition) is 3. The number of pyridine rings is 1. The van der Waals surface area contributed by atoms with Crippen molar-refractivity contribution in [3.05, 3.63) is 29.6 Å². The van der Waals surface area contributed by atoms with Crippen molar-refractivity contribution in [2.45, 2.75) is 45.6 Å². The standard InChI is InChI=1S/C15H21F3N6/c1-8(2)14(10-6-5-7-11(21-10)15(16,17)18)23-12(19)22-13(24-14)20-9(3)4/h5-9H,1-4H3,(H4,19,20,22,23,24). The van der Waals surface area contributed by atoms with E-state index in [1.165, 1.54) is 12.1 Å². The van der Waals surface area contributed by atoms with Crippen molar-refractivity contribution in [1.82, 2.24) is 15.6 Å². The Bertz CT molecular complexity index is 665. The fourth-order valence-electron chi connectivity index (χ4n) is 2.40. The summed E-state index contributed by atoms with van der Waals surface area (Å²) in [5, 5.41) is 5.85. The van der Waals surface area contributed by atoms with E-state index in [0.29, 0.717) is 5.96 Å². The highest BCUT2D eigenvalue weighted by atomic mass is 19.4. The zero-order valence-corrected chi connectivity index (χ0v) is 13.9. The Morgan fingerprint density at radius 3 is 2.42 bits per heavy atom. The molecule has 1 aromatic heterocycles. The molecule has 0 spiro atoms. The molecule has 24 heavy (non-hydrogen) atoms. The fourth-order valence-corrected chi connectivity index (χ4v) is 2.40. The van der Waals surface area contributed by atoms with Crippen LogP contribution in [0, 0.1) is 5.92 Å². The summed E-state index contributed by atoms with van der Waals surface area (Å²) in [6.07, 6.45) is -4.54. The summed E-state index contributed by atoms with van der Waals surface area (Å²) in [5.74, 6) is 0.193. The molecule has 2 rings (SSSR count). The minimum atomic E-state index is -4.54. The Morgan fingerprint density at radius 1 is 1.21 bits per heavy atom. The number of nitrogens with two attached hydrogens (primary N) is 1. The van der Waals surface area contributed by atoms with Gasteiger partial charge in [-0.2, -0.15) is 13.2 Å². The molecule has 0 radical (unpaired) electrons. The minimum absolute atomic E-state index is 0.0368. The van der Waals surface area contributed by atoms with E-state index in [0.717, 1.165) is 6.07 Å². The number of hydrogen-bond acceptors (Lipinski definition) is 4. The van der Waals surface area contributed by atoms with Crippen LogP contribution in [-0.2, 0) is 11.8 Å². The zero-order valence-electron chi connectivity index (χ0n) is 13.9. The van der Waals surface area contributed by atoms with Crippen LogP contribution in [0.25, 0.3) is 0 Å². The van der Waals surface area contributed by atoms with Crippen molar-refractivity contribution in [1.29, 1.82) is 0 Å². The third-order valence-corrected chi connectivity index (χ3v) is 3.51. The average molecular weight is 342 g/mol. The molecule has 0 amide bonds. The number of alkyl halides is 3. The minimum Gasteiger partial charge on any atom is -0.370 e. The molecule has 0 bridgehead atoms. The molecule has 1 aliphatic heterocycles. The van der Waals surface area contributed by atoms with Crippen molar-refractivity contribution in [2.75, 3.05) is 0 Å². The van der Waals surface area contributed by atoms with Gasteiger partial charge in [0.05, 0.1) is 5.69 Å². The number of aliphatic imine (C=N–C) groups is 2. The van der Waals surface area contributed by atoms with Crippen LogP contribution < -0.4 is 16.4 Å². The lowest BCUT2D eigenvalue weighted by atomic mass is 9.91. The van der Waals surface area contributed by atoms with E-state index >= 15 is 0 Å². The van der Waals surface area contributed by atoms with E-state index in [-0.39, 0.29) is 23.6 Å². The van der Waals surface area contributed by atoms with E-state index in [2.05, 4.69) is 25.6 Å². The molecule has 0 aliphatic carbocycles. The van der Waals surface area contributed by atoms with Gasteiger partial charge in [-0.05, 0) is 26.0 Å². The molecule has 1 aromatic rings. The monoisotopic (exact) mass is 342 g/mol. The maximum absolute atomic E-state index is 13.0. The van der Waals surface area contributed by atoms with Crippen molar-refractivity contribution in [2.24, 2.45) is 21.6 Å². The van der Waals surface area contributed by atoms with Gasteiger partial charge in [0.2, 0.25) is 5.96 Å². The highest BCUT2D eigenvalue weighted by Crippen LogP contribution is 2.34. The second kappa shape index (κ2) is 6.29. The van der Waals surface area contributed by atoms with Crippen LogP contribution in [0.3, 0.4) is 0 Å². The van der Waals surface area contributed by atoms with E-state index in [9.17, 15) is 13.2 Å². The summed E-state index contributed by atoms with van der Waals surface area (Å²) in [6, 6.07) is 3.70. The molecule has 0 fully saturated rings. The lowest BCUT2D eigenvalue weighted by Crippen LogP contribution is -2.61. The molecule has 1 atom stereocenters. The third kappa shape index (κ3) is 3.60. The maximum atomic E-state index is 13.0. The Hall–Kier alpha value is -2.32. The molecule has 6 nitrogen and oxygen atoms in total. The molecular formula is C15H21F3N6. The third-order valence-electron chi connectivity index (χ3n) is 3.51. The van der Waals surface area contributed by atoms with E-state index < -0.39 is 17.5 Å². The van der Waals surface area contributed by atoms with Gasteiger partial charge < -0.3 is 11.1 Å².